The lowest BCUT2D eigenvalue weighted by atomic mass is 10.1. The first-order valence-electron chi connectivity index (χ1n) is 8.60. The fraction of sp³-hybridized carbons (Fsp3) is 0.190. The zero-order valence-corrected chi connectivity index (χ0v) is 15.6. The number of nitrogens with zero attached hydrogens (tertiary/aromatic N) is 3. The minimum absolute atomic E-state index is 0.515. The Kier molecular flexibility index (Phi) is 4.39. The van der Waals surface area contributed by atoms with Gasteiger partial charge in [0, 0.05) is 12.0 Å². The van der Waals surface area contributed by atoms with Gasteiger partial charge in [-0.2, -0.15) is 9.61 Å². The van der Waals surface area contributed by atoms with E-state index >= 15 is 0 Å². The Balaban J connectivity index is 1.61. The van der Waals surface area contributed by atoms with Crippen molar-refractivity contribution in [2.45, 2.75) is 26.7 Å². The van der Waals surface area contributed by atoms with Crippen LogP contribution >= 0.6 is 11.3 Å². The van der Waals surface area contributed by atoms with Crippen molar-refractivity contribution < 1.29 is 4.79 Å². The topological polar surface area (TPSA) is 47.3 Å². The van der Waals surface area contributed by atoms with Crippen molar-refractivity contribution in [1.29, 1.82) is 0 Å². The van der Waals surface area contributed by atoms with Gasteiger partial charge in [0.15, 0.2) is 6.29 Å². The van der Waals surface area contributed by atoms with Crippen LogP contribution in [0.1, 0.15) is 32.2 Å². The lowest BCUT2D eigenvalue weighted by Gasteiger charge is -2.00. The molecule has 0 aliphatic carbocycles. The molecule has 0 N–H and O–H groups in total. The van der Waals surface area contributed by atoms with Crippen molar-refractivity contribution in [2.75, 3.05) is 0 Å². The molecule has 0 amide bonds. The van der Waals surface area contributed by atoms with E-state index in [4.69, 9.17) is 0 Å². The average molecular weight is 361 g/mol. The maximum absolute atomic E-state index is 11.7. The number of aryl methyl sites for hydroxylation is 4. The number of aldehydes is 1. The van der Waals surface area contributed by atoms with Crippen molar-refractivity contribution >= 4 is 22.6 Å². The Labute approximate surface area is 156 Å². The zero-order valence-electron chi connectivity index (χ0n) is 14.8. The smallest absolute Gasteiger partial charge is 0.213 e. The summed E-state index contributed by atoms with van der Waals surface area (Å²) < 4.78 is 1.68. The number of carbonyl (C=O) groups excluding carboxylic acids is 1. The van der Waals surface area contributed by atoms with Crippen molar-refractivity contribution in [3.63, 3.8) is 0 Å². The van der Waals surface area contributed by atoms with Gasteiger partial charge in [0.25, 0.3) is 0 Å². The van der Waals surface area contributed by atoms with Crippen LogP contribution in [0.5, 0.6) is 0 Å². The molecule has 0 aliphatic rings. The molecule has 26 heavy (non-hydrogen) atoms. The van der Waals surface area contributed by atoms with Crippen LogP contribution in [0.4, 0.5) is 0 Å². The molecule has 0 unspecified atom stereocenters. The summed E-state index contributed by atoms with van der Waals surface area (Å²) in [5.41, 5.74) is 5.89. The number of benzene rings is 2. The normalized spacial score (nSPS) is 11.2. The fourth-order valence-electron chi connectivity index (χ4n) is 2.94. The number of carbonyl (C=O) groups is 1. The molecule has 0 bridgehead atoms. The first kappa shape index (κ1) is 16.7. The van der Waals surface area contributed by atoms with E-state index in [0.717, 1.165) is 34.7 Å². The molecular weight excluding hydrogens is 342 g/mol. The quantitative estimate of drug-likeness (QED) is 0.485. The van der Waals surface area contributed by atoms with E-state index < -0.39 is 0 Å². The first-order valence-corrected chi connectivity index (χ1v) is 9.42. The predicted octanol–water partition coefficient (Wildman–Crippen LogP) is 4.67. The third-order valence-electron chi connectivity index (χ3n) is 4.46. The molecule has 0 radical (unpaired) electrons. The van der Waals surface area contributed by atoms with Gasteiger partial charge in [0.05, 0.1) is 0 Å². The molecule has 0 aliphatic heterocycles. The monoisotopic (exact) mass is 361 g/mol. The van der Waals surface area contributed by atoms with Gasteiger partial charge >= 0.3 is 0 Å². The second-order valence-corrected chi connectivity index (χ2v) is 7.55. The second-order valence-electron chi connectivity index (χ2n) is 6.51. The van der Waals surface area contributed by atoms with Gasteiger partial charge in [-0.3, -0.25) is 4.79 Å². The Hall–Kier alpha value is -2.79. The van der Waals surface area contributed by atoms with Gasteiger partial charge in [-0.25, -0.2) is 4.98 Å². The van der Waals surface area contributed by atoms with Crippen molar-refractivity contribution in [3.8, 4) is 11.3 Å². The third kappa shape index (κ3) is 3.18. The molecule has 0 fully saturated rings. The molecule has 0 saturated heterocycles. The molecule has 0 saturated carbocycles. The molecule has 2 aromatic heterocycles. The number of hydrogen-bond donors (Lipinski definition) is 0. The highest BCUT2D eigenvalue weighted by Crippen LogP contribution is 2.26. The summed E-state index contributed by atoms with van der Waals surface area (Å²) >= 11 is 1.55. The van der Waals surface area contributed by atoms with E-state index in [2.05, 4.69) is 41.3 Å². The molecule has 130 valence electrons. The molecule has 5 heteroatoms. The molecule has 4 rings (SSSR count). The highest BCUT2D eigenvalue weighted by atomic mass is 32.1. The van der Waals surface area contributed by atoms with Gasteiger partial charge in [0.2, 0.25) is 4.96 Å². The highest BCUT2D eigenvalue weighted by molar-refractivity contribution is 7.16. The molecule has 2 aromatic carbocycles. The van der Waals surface area contributed by atoms with Crippen LogP contribution in [0.2, 0.25) is 0 Å². The first-order chi connectivity index (χ1) is 12.6. The summed E-state index contributed by atoms with van der Waals surface area (Å²) in [5.74, 6) is 0. The zero-order chi connectivity index (χ0) is 18.1. The van der Waals surface area contributed by atoms with Crippen molar-refractivity contribution in [1.82, 2.24) is 14.6 Å². The van der Waals surface area contributed by atoms with Gasteiger partial charge in [0.1, 0.15) is 16.4 Å². The standard InChI is InChI=1S/C21H19N3OS/c1-14-3-7-16(8-4-14)9-12-19-23-24-18(13-25)20(22-21(24)26-19)17-10-5-15(2)6-11-17/h3-8,10-11,13H,9,12H2,1-2H3. The van der Waals surface area contributed by atoms with Crippen LogP contribution in [-0.2, 0) is 12.8 Å². The van der Waals surface area contributed by atoms with Crippen LogP contribution in [0, 0.1) is 13.8 Å². The number of aromatic nitrogens is 3. The van der Waals surface area contributed by atoms with E-state index in [1.165, 1.54) is 16.7 Å². The lowest BCUT2D eigenvalue weighted by Crippen LogP contribution is -1.97. The Morgan fingerprint density at radius 2 is 1.62 bits per heavy atom. The fourth-order valence-corrected chi connectivity index (χ4v) is 3.84. The molecule has 4 aromatic rings. The van der Waals surface area contributed by atoms with Gasteiger partial charge in [-0.1, -0.05) is 71.0 Å². The maximum atomic E-state index is 11.7. The second kappa shape index (κ2) is 6.84. The van der Waals surface area contributed by atoms with E-state index in [9.17, 15) is 4.79 Å². The summed E-state index contributed by atoms with van der Waals surface area (Å²) in [6.07, 6.45) is 2.62. The average Bonchev–Trinajstić information content (AvgIpc) is 3.19. The highest BCUT2D eigenvalue weighted by Gasteiger charge is 2.17. The van der Waals surface area contributed by atoms with E-state index in [1.54, 1.807) is 15.9 Å². The SMILES string of the molecule is Cc1ccc(CCc2nn3c(C=O)c(-c4ccc(C)cc4)nc3s2)cc1. The van der Waals surface area contributed by atoms with E-state index in [0.29, 0.717) is 11.4 Å². The van der Waals surface area contributed by atoms with E-state index in [1.807, 2.05) is 31.2 Å². The van der Waals surface area contributed by atoms with Gasteiger partial charge < -0.3 is 0 Å². The number of rotatable bonds is 5. The summed E-state index contributed by atoms with van der Waals surface area (Å²) in [6, 6.07) is 16.6. The Morgan fingerprint density at radius 3 is 2.27 bits per heavy atom. The molecule has 2 heterocycles. The summed E-state index contributed by atoms with van der Waals surface area (Å²) in [4.78, 5) is 17.1. The summed E-state index contributed by atoms with van der Waals surface area (Å²) in [6.45, 7) is 4.13. The van der Waals surface area contributed by atoms with Crippen molar-refractivity contribution in [3.05, 3.63) is 75.9 Å². The van der Waals surface area contributed by atoms with Crippen LogP contribution in [-0.4, -0.2) is 20.9 Å². The third-order valence-corrected chi connectivity index (χ3v) is 5.43. The van der Waals surface area contributed by atoms with Crippen LogP contribution in [0.15, 0.2) is 48.5 Å². The van der Waals surface area contributed by atoms with Gasteiger partial charge in [-0.05, 0) is 25.8 Å². The number of imidazole rings is 1. The predicted molar refractivity (Wildman–Crippen MR) is 105 cm³/mol. The molecular formula is C21H19N3OS. The molecule has 4 nitrogen and oxygen atoms in total. The van der Waals surface area contributed by atoms with Gasteiger partial charge in [-0.15, -0.1) is 0 Å². The number of fused-ring (bicyclic) bond motifs is 1. The van der Waals surface area contributed by atoms with Crippen molar-refractivity contribution in [2.24, 2.45) is 0 Å². The Bertz CT molecular complexity index is 1060. The lowest BCUT2D eigenvalue weighted by molar-refractivity contribution is 0.111. The minimum atomic E-state index is 0.515. The summed E-state index contributed by atoms with van der Waals surface area (Å²) in [7, 11) is 0. The largest absolute Gasteiger partial charge is 0.296 e. The molecule has 0 atom stereocenters. The van der Waals surface area contributed by atoms with E-state index in [-0.39, 0.29) is 0 Å². The van der Waals surface area contributed by atoms with Crippen LogP contribution < -0.4 is 0 Å². The van der Waals surface area contributed by atoms with Crippen LogP contribution in [0.3, 0.4) is 0 Å². The molecule has 0 spiro atoms. The minimum Gasteiger partial charge on any atom is -0.296 e. The maximum Gasteiger partial charge on any atom is 0.213 e. The van der Waals surface area contributed by atoms with Crippen LogP contribution in [0.25, 0.3) is 16.2 Å². The Morgan fingerprint density at radius 1 is 0.962 bits per heavy atom. The summed E-state index contributed by atoms with van der Waals surface area (Å²) in [5, 5.41) is 5.61. The number of hydrogen-bond acceptors (Lipinski definition) is 4.